The molecule has 11 nitrogen and oxygen atoms in total. The lowest BCUT2D eigenvalue weighted by molar-refractivity contribution is -0.161. The predicted molar refractivity (Wildman–Crippen MR) is 307 cm³/mol. The molecule has 0 aliphatic heterocycles. The third-order valence-electron chi connectivity index (χ3n) is 11.7. The van der Waals surface area contributed by atoms with E-state index in [1.165, 1.54) is 57.8 Å². The Balaban J connectivity index is 4.83. The van der Waals surface area contributed by atoms with Crippen molar-refractivity contribution in [1.82, 2.24) is 0 Å². The highest BCUT2D eigenvalue weighted by atomic mass is 31.2. The first-order valence-electron chi connectivity index (χ1n) is 28.8. The van der Waals surface area contributed by atoms with E-state index in [2.05, 4.69) is 106 Å². The number of unbranched alkanes of at least 4 members (excludes halogenated alkanes) is 18. The van der Waals surface area contributed by atoms with Gasteiger partial charge in [0.05, 0.1) is 26.2 Å². The Hall–Kier alpha value is -3.86. The van der Waals surface area contributed by atoms with E-state index in [-0.39, 0.29) is 25.9 Å². The first kappa shape index (κ1) is 70.1. The van der Waals surface area contributed by atoms with Crippen LogP contribution in [-0.4, -0.2) is 66.5 Å². The van der Waals surface area contributed by atoms with Crippen LogP contribution in [0.2, 0.25) is 0 Å². The minimum absolute atomic E-state index is 0.0598. The molecule has 0 aromatic heterocycles. The second-order valence-electron chi connectivity index (χ2n) is 18.7. The molecule has 0 radical (unpaired) electrons. The van der Waals surface area contributed by atoms with Crippen molar-refractivity contribution in [2.45, 2.75) is 238 Å². The van der Waals surface area contributed by atoms with E-state index in [1.807, 2.05) is 18.2 Å². The van der Waals surface area contributed by atoms with Crippen molar-refractivity contribution in [1.29, 1.82) is 0 Å². The van der Waals surface area contributed by atoms with Gasteiger partial charge in [0.25, 0.3) is 0 Å². The van der Waals surface area contributed by atoms with E-state index in [0.717, 1.165) is 109 Å². The summed E-state index contributed by atoms with van der Waals surface area (Å²) in [5.41, 5.74) is 0. The maximum Gasteiger partial charge on any atom is 0.472 e. The van der Waals surface area contributed by atoms with Crippen LogP contribution >= 0.6 is 7.82 Å². The highest BCUT2D eigenvalue weighted by Gasteiger charge is 2.28. The molecule has 0 saturated carbocycles. The number of hydrogen-bond donors (Lipinski definition) is 2. The van der Waals surface area contributed by atoms with Crippen LogP contribution in [0.4, 0.5) is 0 Å². The summed E-state index contributed by atoms with van der Waals surface area (Å²) >= 11 is 0. The quantitative estimate of drug-likeness (QED) is 0.0197. The number of carbonyl (C=O) groups is 3. The van der Waals surface area contributed by atoms with Gasteiger partial charge in [-0.2, -0.15) is 0 Å². The van der Waals surface area contributed by atoms with Gasteiger partial charge in [0.2, 0.25) is 0 Å². The monoisotopic (exact) mass is 1050 g/mol. The molecule has 0 aliphatic carbocycles. The van der Waals surface area contributed by atoms with Gasteiger partial charge in [-0.25, -0.2) is 4.57 Å². The van der Waals surface area contributed by atoms with Crippen LogP contribution < -0.4 is 0 Å². The number of rotatable bonds is 52. The number of ether oxygens (including phenoxy) is 3. The zero-order valence-electron chi connectivity index (χ0n) is 46.5. The van der Waals surface area contributed by atoms with E-state index < -0.39 is 57.8 Å². The van der Waals surface area contributed by atoms with Crippen molar-refractivity contribution in [3.05, 3.63) is 109 Å². The molecule has 0 bridgehead atoms. The van der Waals surface area contributed by atoms with E-state index in [0.29, 0.717) is 19.3 Å². The molecule has 3 unspecified atom stereocenters. The summed E-state index contributed by atoms with van der Waals surface area (Å²) in [5.74, 6) is -1.62. The predicted octanol–water partition coefficient (Wildman–Crippen LogP) is 17.0. The SMILES string of the molecule is CC/C=C\C/C=C\C/C=C\C/C=C\C/C=C\CC(=O)OC(CO)COP(=O)(O)OCC(COC(=O)CCCCCCCCCCCCCCC)OC(=O)CCCCCCCC/C=C\C/C=C\C/C=C\C/C=C\CC. The van der Waals surface area contributed by atoms with Crippen molar-refractivity contribution >= 4 is 25.7 Å². The average Bonchev–Trinajstić information content (AvgIpc) is 3.39. The maximum atomic E-state index is 12.9. The number of esters is 3. The van der Waals surface area contributed by atoms with Gasteiger partial charge in [0, 0.05) is 12.8 Å². The Bertz CT molecular complexity index is 1660. The molecule has 12 heteroatoms. The minimum Gasteiger partial charge on any atom is -0.462 e. The molecular weight excluding hydrogens is 952 g/mol. The molecule has 2 N–H and O–H groups in total. The first-order chi connectivity index (χ1) is 36.2. The normalized spacial score (nSPS) is 14.2. The molecule has 0 rings (SSSR count). The van der Waals surface area contributed by atoms with Crippen LogP contribution in [0.25, 0.3) is 0 Å². The summed E-state index contributed by atoms with van der Waals surface area (Å²) in [7, 11) is -4.78. The number of phosphoric ester groups is 1. The number of aliphatic hydroxyl groups is 1. The molecule has 3 atom stereocenters. The van der Waals surface area contributed by atoms with Gasteiger partial charge in [-0.15, -0.1) is 0 Å². The Morgan fingerprint density at radius 3 is 1.19 bits per heavy atom. The molecule has 0 amide bonds. The number of phosphoric acid groups is 1. The maximum absolute atomic E-state index is 12.9. The van der Waals surface area contributed by atoms with Gasteiger partial charge in [-0.3, -0.25) is 23.4 Å². The Morgan fingerprint density at radius 2 is 0.757 bits per heavy atom. The minimum atomic E-state index is -4.78. The van der Waals surface area contributed by atoms with Gasteiger partial charge in [0.15, 0.2) is 6.10 Å². The third-order valence-corrected chi connectivity index (χ3v) is 12.7. The molecule has 0 aliphatic rings. The fourth-order valence-electron chi connectivity index (χ4n) is 7.42. The van der Waals surface area contributed by atoms with Crippen molar-refractivity contribution in [3.8, 4) is 0 Å². The van der Waals surface area contributed by atoms with Gasteiger partial charge in [-0.05, 0) is 83.5 Å². The third kappa shape index (κ3) is 53.0. The zero-order valence-corrected chi connectivity index (χ0v) is 47.4. The average molecular weight is 1060 g/mol. The van der Waals surface area contributed by atoms with Crippen LogP contribution in [0.15, 0.2) is 109 Å². The Kier molecular flexibility index (Phi) is 52.5. The van der Waals surface area contributed by atoms with E-state index >= 15 is 0 Å². The van der Waals surface area contributed by atoms with Crippen LogP contribution in [0, 0.1) is 0 Å². The second kappa shape index (κ2) is 55.4. The highest BCUT2D eigenvalue weighted by molar-refractivity contribution is 7.47. The van der Waals surface area contributed by atoms with Crippen molar-refractivity contribution in [2.24, 2.45) is 0 Å². The van der Waals surface area contributed by atoms with Crippen molar-refractivity contribution in [2.75, 3.05) is 26.4 Å². The smallest absolute Gasteiger partial charge is 0.462 e. The lowest BCUT2D eigenvalue weighted by Crippen LogP contribution is -2.30. The largest absolute Gasteiger partial charge is 0.472 e. The van der Waals surface area contributed by atoms with Crippen LogP contribution in [-0.2, 0) is 42.2 Å². The second-order valence-corrected chi connectivity index (χ2v) is 20.2. The van der Waals surface area contributed by atoms with Gasteiger partial charge < -0.3 is 24.2 Å². The number of allylic oxidation sites excluding steroid dienone is 17. The lowest BCUT2D eigenvalue weighted by Gasteiger charge is -2.21. The van der Waals surface area contributed by atoms with E-state index in [1.54, 1.807) is 6.08 Å². The summed E-state index contributed by atoms with van der Waals surface area (Å²) in [6.45, 7) is 4.29. The summed E-state index contributed by atoms with van der Waals surface area (Å²) in [6.07, 6.45) is 66.4. The molecule has 0 fully saturated rings. The highest BCUT2D eigenvalue weighted by Crippen LogP contribution is 2.43. The standard InChI is InChI=1S/C62H103O11P/c1-4-7-10-13-16-19-22-25-27-28-29-30-32-35-38-41-44-47-50-53-62(66)73-59(55-69-60(64)51-48-45-42-39-36-33-24-21-18-15-12-9-6-3)57-71-74(67,68)70-56-58(54-63)72-61(65)52-49-46-43-40-37-34-31-26-23-20-17-14-11-8-5-2/h7-8,10-11,16-17,19-20,25-27,29-31,37,40,46,49,58-59,63H,4-6,9,12-15,18,21-24,28,32-36,38-39,41-45,47-48,50-57H2,1-3H3,(H,67,68)/b10-7-,11-8-,19-16-,20-17-,27-25-,30-29-,31-26-,40-37-,49-46-. The molecule has 0 saturated heterocycles. The van der Waals surface area contributed by atoms with Crippen LogP contribution in [0.1, 0.15) is 226 Å². The lowest BCUT2D eigenvalue weighted by atomic mass is 10.0. The number of aliphatic hydroxyl groups excluding tert-OH is 1. The number of carbonyl (C=O) groups excluding carboxylic acids is 3. The molecule has 0 aromatic carbocycles. The fraction of sp³-hybridized carbons (Fsp3) is 0.661. The zero-order chi connectivity index (χ0) is 54.1. The molecule has 0 spiro atoms. The van der Waals surface area contributed by atoms with E-state index in [4.69, 9.17) is 23.3 Å². The molecule has 0 aromatic rings. The van der Waals surface area contributed by atoms with Crippen molar-refractivity contribution in [3.63, 3.8) is 0 Å². The Labute approximate surface area is 450 Å². The Morgan fingerprint density at radius 1 is 0.405 bits per heavy atom. The molecule has 422 valence electrons. The topological polar surface area (TPSA) is 155 Å². The summed E-state index contributed by atoms with van der Waals surface area (Å²) < 4.78 is 39.4. The van der Waals surface area contributed by atoms with Crippen LogP contribution in [0.5, 0.6) is 0 Å². The molecular formula is C62H103O11P. The number of hydrogen-bond acceptors (Lipinski definition) is 10. The first-order valence-corrected chi connectivity index (χ1v) is 30.3. The van der Waals surface area contributed by atoms with Crippen LogP contribution in [0.3, 0.4) is 0 Å². The molecule has 0 heterocycles. The summed E-state index contributed by atoms with van der Waals surface area (Å²) in [4.78, 5) is 48.5. The van der Waals surface area contributed by atoms with Crippen molar-refractivity contribution < 1.29 is 52.2 Å². The summed E-state index contributed by atoms with van der Waals surface area (Å²) in [5, 5.41) is 9.79. The van der Waals surface area contributed by atoms with Gasteiger partial charge in [0.1, 0.15) is 12.7 Å². The van der Waals surface area contributed by atoms with E-state index in [9.17, 15) is 28.9 Å². The van der Waals surface area contributed by atoms with Gasteiger partial charge >= 0.3 is 25.7 Å². The van der Waals surface area contributed by atoms with Gasteiger partial charge in [-0.1, -0.05) is 233 Å². The molecule has 74 heavy (non-hydrogen) atoms. The fourth-order valence-corrected chi connectivity index (χ4v) is 8.21. The summed E-state index contributed by atoms with van der Waals surface area (Å²) in [6, 6.07) is 0.